The van der Waals surface area contributed by atoms with E-state index in [9.17, 15) is 4.79 Å². The molecule has 1 aliphatic heterocycles. The van der Waals surface area contributed by atoms with Crippen LogP contribution in [0.15, 0.2) is 48.5 Å². The molecule has 0 saturated heterocycles. The van der Waals surface area contributed by atoms with E-state index in [1.54, 1.807) is 0 Å². The van der Waals surface area contributed by atoms with Crippen molar-refractivity contribution in [3.63, 3.8) is 0 Å². The van der Waals surface area contributed by atoms with E-state index in [0.717, 1.165) is 30.5 Å². The van der Waals surface area contributed by atoms with Gasteiger partial charge in [0.05, 0.1) is 6.54 Å². The third-order valence-electron chi connectivity index (χ3n) is 4.51. The summed E-state index contributed by atoms with van der Waals surface area (Å²) < 4.78 is 0. The summed E-state index contributed by atoms with van der Waals surface area (Å²) in [7, 11) is 0. The van der Waals surface area contributed by atoms with Gasteiger partial charge in [0.1, 0.15) is 0 Å². The maximum Gasteiger partial charge on any atom is 0.239 e. The predicted molar refractivity (Wildman–Crippen MR) is 97.9 cm³/mol. The molecule has 0 spiro atoms. The Kier molecular flexibility index (Phi) is 5.16. The minimum absolute atomic E-state index is 0.0415. The molecule has 1 aliphatic rings. The molecular formula is C20H25N3O. The number of amides is 1. The maximum atomic E-state index is 12.3. The molecule has 1 atom stereocenters. The molecule has 0 fully saturated rings. The van der Waals surface area contributed by atoms with Gasteiger partial charge in [0.15, 0.2) is 0 Å². The van der Waals surface area contributed by atoms with Gasteiger partial charge in [-0.15, -0.1) is 0 Å². The van der Waals surface area contributed by atoms with Crippen LogP contribution in [0.4, 0.5) is 5.69 Å². The van der Waals surface area contributed by atoms with E-state index in [4.69, 9.17) is 5.73 Å². The van der Waals surface area contributed by atoms with Gasteiger partial charge in [-0.05, 0) is 42.5 Å². The van der Waals surface area contributed by atoms with Crippen LogP contribution in [0, 0.1) is 0 Å². The lowest BCUT2D eigenvalue weighted by atomic mass is 9.97. The van der Waals surface area contributed by atoms with Crippen molar-refractivity contribution in [2.75, 3.05) is 18.0 Å². The average molecular weight is 323 g/mol. The Balaban J connectivity index is 1.63. The highest BCUT2D eigenvalue weighted by molar-refractivity contribution is 5.82. The Morgan fingerprint density at radius 2 is 2.04 bits per heavy atom. The van der Waals surface area contributed by atoms with Crippen molar-refractivity contribution in [2.24, 2.45) is 5.73 Å². The number of fused-ring (bicyclic) bond motifs is 1. The Morgan fingerprint density at radius 3 is 2.79 bits per heavy atom. The molecule has 0 bridgehead atoms. The molecule has 3 N–H and O–H groups in total. The summed E-state index contributed by atoms with van der Waals surface area (Å²) in [4.78, 5) is 14.5. The highest BCUT2D eigenvalue weighted by Gasteiger charge is 2.19. The smallest absolute Gasteiger partial charge is 0.239 e. The number of nitrogens with zero attached hydrogens (tertiary/aromatic N) is 1. The first-order valence-corrected chi connectivity index (χ1v) is 8.57. The molecular weight excluding hydrogens is 298 g/mol. The minimum atomic E-state index is 0.0415. The van der Waals surface area contributed by atoms with Crippen molar-refractivity contribution in [1.29, 1.82) is 0 Å². The SMILES string of the molecule is CC(N)c1ccc2c(c1)CCCN2CC(=O)NCc1ccccc1. The first-order chi connectivity index (χ1) is 11.6. The fraction of sp³-hybridized carbons (Fsp3) is 0.350. The number of carbonyl (C=O) groups is 1. The van der Waals surface area contributed by atoms with E-state index < -0.39 is 0 Å². The zero-order chi connectivity index (χ0) is 16.9. The van der Waals surface area contributed by atoms with Gasteiger partial charge in [0.25, 0.3) is 0 Å². The van der Waals surface area contributed by atoms with Crippen LogP contribution in [-0.4, -0.2) is 19.0 Å². The highest BCUT2D eigenvalue weighted by atomic mass is 16.2. The quantitative estimate of drug-likeness (QED) is 0.889. The molecule has 1 amide bonds. The molecule has 0 saturated carbocycles. The lowest BCUT2D eigenvalue weighted by Gasteiger charge is -2.31. The number of anilines is 1. The van der Waals surface area contributed by atoms with Gasteiger partial charge in [-0.3, -0.25) is 4.79 Å². The number of aryl methyl sites for hydroxylation is 1. The predicted octanol–water partition coefficient (Wildman–Crippen LogP) is 2.78. The molecule has 3 rings (SSSR count). The maximum absolute atomic E-state index is 12.3. The molecule has 2 aromatic carbocycles. The van der Waals surface area contributed by atoms with Crippen LogP contribution in [0.3, 0.4) is 0 Å². The van der Waals surface area contributed by atoms with E-state index in [0.29, 0.717) is 13.1 Å². The lowest BCUT2D eigenvalue weighted by molar-refractivity contribution is -0.119. The Morgan fingerprint density at radius 1 is 1.25 bits per heavy atom. The number of carbonyl (C=O) groups excluding carboxylic acids is 1. The van der Waals surface area contributed by atoms with Crippen molar-refractivity contribution in [3.05, 3.63) is 65.2 Å². The van der Waals surface area contributed by atoms with Crippen molar-refractivity contribution in [3.8, 4) is 0 Å². The highest BCUT2D eigenvalue weighted by Crippen LogP contribution is 2.29. The van der Waals surface area contributed by atoms with Gasteiger partial charge in [0, 0.05) is 24.8 Å². The van der Waals surface area contributed by atoms with Gasteiger partial charge >= 0.3 is 0 Å². The summed E-state index contributed by atoms with van der Waals surface area (Å²) in [5, 5.41) is 3.01. The van der Waals surface area contributed by atoms with Gasteiger partial charge in [0.2, 0.25) is 5.91 Å². The average Bonchev–Trinajstić information content (AvgIpc) is 2.60. The van der Waals surface area contributed by atoms with Crippen LogP contribution in [0.1, 0.15) is 36.1 Å². The monoisotopic (exact) mass is 323 g/mol. The molecule has 126 valence electrons. The Hall–Kier alpha value is -2.33. The first-order valence-electron chi connectivity index (χ1n) is 8.57. The number of hydrogen-bond donors (Lipinski definition) is 2. The van der Waals surface area contributed by atoms with Crippen molar-refractivity contribution >= 4 is 11.6 Å². The van der Waals surface area contributed by atoms with Crippen LogP contribution in [-0.2, 0) is 17.8 Å². The number of hydrogen-bond acceptors (Lipinski definition) is 3. The van der Waals surface area contributed by atoms with Gasteiger partial charge in [-0.2, -0.15) is 0 Å². The van der Waals surface area contributed by atoms with Crippen molar-refractivity contribution in [1.82, 2.24) is 5.32 Å². The lowest BCUT2D eigenvalue weighted by Crippen LogP contribution is -2.39. The van der Waals surface area contributed by atoms with Gasteiger partial charge in [-0.1, -0.05) is 42.5 Å². The Bertz CT molecular complexity index is 697. The second kappa shape index (κ2) is 7.49. The van der Waals surface area contributed by atoms with Crippen LogP contribution in [0.25, 0.3) is 0 Å². The molecule has 4 heteroatoms. The summed E-state index contributed by atoms with van der Waals surface area (Å²) in [6, 6.07) is 16.4. The second-order valence-corrected chi connectivity index (χ2v) is 6.46. The number of nitrogens with one attached hydrogen (secondary N) is 1. The standard InChI is InChI=1S/C20H25N3O/c1-15(21)17-9-10-19-18(12-17)8-5-11-23(19)14-20(24)22-13-16-6-3-2-4-7-16/h2-4,6-7,9-10,12,15H,5,8,11,13-14,21H2,1H3,(H,22,24). The third kappa shape index (κ3) is 3.95. The molecule has 0 aromatic heterocycles. The summed E-state index contributed by atoms with van der Waals surface area (Å²) in [6.45, 7) is 3.89. The Labute approximate surface area is 143 Å². The molecule has 0 radical (unpaired) electrons. The van der Waals surface area contributed by atoms with Crippen molar-refractivity contribution in [2.45, 2.75) is 32.4 Å². The van der Waals surface area contributed by atoms with Crippen LogP contribution in [0.2, 0.25) is 0 Å². The topological polar surface area (TPSA) is 58.4 Å². The normalized spacial score (nSPS) is 14.8. The van der Waals surface area contributed by atoms with E-state index >= 15 is 0 Å². The molecule has 1 unspecified atom stereocenters. The van der Waals surface area contributed by atoms with Crippen LogP contribution < -0.4 is 16.0 Å². The van der Waals surface area contributed by atoms with E-state index in [1.165, 1.54) is 11.3 Å². The minimum Gasteiger partial charge on any atom is -0.362 e. The first kappa shape index (κ1) is 16.5. The molecule has 4 nitrogen and oxygen atoms in total. The molecule has 24 heavy (non-hydrogen) atoms. The van der Waals surface area contributed by atoms with E-state index in [-0.39, 0.29) is 11.9 Å². The molecule has 2 aromatic rings. The summed E-state index contributed by atoms with van der Waals surface area (Å²) in [5.74, 6) is 0.0583. The summed E-state index contributed by atoms with van der Waals surface area (Å²) in [5.41, 5.74) is 10.7. The van der Waals surface area contributed by atoms with Crippen LogP contribution >= 0.6 is 0 Å². The molecule has 0 aliphatic carbocycles. The number of rotatable bonds is 5. The van der Waals surface area contributed by atoms with Crippen molar-refractivity contribution < 1.29 is 4.79 Å². The van der Waals surface area contributed by atoms with Crippen LogP contribution in [0.5, 0.6) is 0 Å². The number of nitrogens with two attached hydrogens (primary N) is 1. The van der Waals surface area contributed by atoms with Gasteiger partial charge in [-0.25, -0.2) is 0 Å². The zero-order valence-corrected chi connectivity index (χ0v) is 14.2. The second-order valence-electron chi connectivity index (χ2n) is 6.46. The fourth-order valence-electron chi connectivity index (χ4n) is 3.17. The third-order valence-corrected chi connectivity index (χ3v) is 4.51. The summed E-state index contributed by atoms with van der Waals surface area (Å²) >= 11 is 0. The van der Waals surface area contributed by atoms with E-state index in [1.807, 2.05) is 37.3 Å². The largest absolute Gasteiger partial charge is 0.362 e. The fourth-order valence-corrected chi connectivity index (χ4v) is 3.17. The molecule has 1 heterocycles. The summed E-state index contributed by atoms with van der Waals surface area (Å²) in [6.07, 6.45) is 2.12. The van der Waals surface area contributed by atoms with Gasteiger partial charge < -0.3 is 16.0 Å². The zero-order valence-electron chi connectivity index (χ0n) is 14.2. The van der Waals surface area contributed by atoms with E-state index in [2.05, 4.69) is 28.4 Å². The number of benzene rings is 2.